The van der Waals surface area contributed by atoms with Crippen molar-refractivity contribution in [3.63, 3.8) is 0 Å². The van der Waals surface area contributed by atoms with Crippen LogP contribution < -0.4 is 5.32 Å². The van der Waals surface area contributed by atoms with Gasteiger partial charge in [0.2, 0.25) is 0 Å². The largest absolute Gasteiger partial charge is 0.450 e. The van der Waals surface area contributed by atoms with Gasteiger partial charge in [-0.1, -0.05) is 6.07 Å². The highest BCUT2D eigenvalue weighted by Crippen LogP contribution is 2.12. The van der Waals surface area contributed by atoms with Gasteiger partial charge in [-0.2, -0.15) is 0 Å². The molecule has 1 heterocycles. The predicted molar refractivity (Wildman–Crippen MR) is 54.4 cm³/mol. The van der Waals surface area contributed by atoms with Crippen LogP contribution in [0.3, 0.4) is 0 Å². The number of aromatic nitrogens is 1. The Morgan fingerprint density at radius 1 is 1.57 bits per heavy atom. The van der Waals surface area contributed by atoms with Gasteiger partial charge in [0.1, 0.15) is 5.82 Å². The fourth-order valence-corrected chi connectivity index (χ4v) is 1.11. The number of rotatable bonds is 2. The normalized spacial score (nSPS) is 9.64. The molecule has 1 aromatic rings. The molecule has 1 amide bonds. The average Bonchev–Trinajstić information content (AvgIpc) is 2.10. The van der Waals surface area contributed by atoms with Crippen LogP contribution >= 0.6 is 0 Å². The Hall–Kier alpha value is -1.58. The van der Waals surface area contributed by atoms with E-state index in [9.17, 15) is 4.79 Å². The molecule has 76 valence electrons. The number of hydrogen-bond donors (Lipinski definition) is 1. The Bertz CT molecular complexity index is 337. The van der Waals surface area contributed by atoms with Gasteiger partial charge in [-0.25, -0.2) is 9.78 Å². The summed E-state index contributed by atoms with van der Waals surface area (Å²) >= 11 is 0. The Morgan fingerprint density at radius 2 is 2.29 bits per heavy atom. The van der Waals surface area contributed by atoms with E-state index in [-0.39, 0.29) is 0 Å². The Labute approximate surface area is 83.3 Å². The highest BCUT2D eigenvalue weighted by Gasteiger charge is 2.05. The number of carbonyl (C=O) groups excluding carboxylic acids is 1. The third-order valence-electron chi connectivity index (χ3n) is 1.71. The minimum atomic E-state index is -0.466. The van der Waals surface area contributed by atoms with Crippen LogP contribution in [0.4, 0.5) is 10.6 Å². The molecule has 0 atom stereocenters. The molecule has 0 radical (unpaired) electrons. The van der Waals surface area contributed by atoms with Crippen LogP contribution in [0.5, 0.6) is 0 Å². The number of pyridine rings is 1. The minimum absolute atomic E-state index is 0.358. The SMILES string of the molecule is CCOC(=O)Nc1ncc(C)cc1C. The summed E-state index contributed by atoms with van der Waals surface area (Å²) < 4.78 is 4.74. The van der Waals surface area contributed by atoms with Crippen molar-refractivity contribution < 1.29 is 9.53 Å². The summed E-state index contributed by atoms with van der Waals surface area (Å²) in [5.41, 5.74) is 2.00. The molecule has 1 rings (SSSR count). The first kappa shape index (κ1) is 10.5. The van der Waals surface area contributed by atoms with E-state index in [1.807, 2.05) is 19.9 Å². The molecule has 0 aromatic carbocycles. The van der Waals surface area contributed by atoms with Gasteiger partial charge in [-0.05, 0) is 31.9 Å². The maximum atomic E-state index is 11.1. The van der Waals surface area contributed by atoms with E-state index in [0.717, 1.165) is 11.1 Å². The first-order valence-corrected chi connectivity index (χ1v) is 4.50. The first-order chi connectivity index (χ1) is 6.63. The monoisotopic (exact) mass is 194 g/mol. The molecule has 0 unspecified atom stereocenters. The number of nitrogens with one attached hydrogen (secondary N) is 1. The van der Waals surface area contributed by atoms with E-state index in [0.29, 0.717) is 12.4 Å². The lowest BCUT2D eigenvalue weighted by Crippen LogP contribution is -2.15. The topological polar surface area (TPSA) is 51.2 Å². The first-order valence-electron chi connectivity index (χ1n) is 4.50. The molecule has 1 N–H and O–H groups in total. The molecule has 0 fully saturated rings. The number of hydrogen-bond acceptors (Lipinski definition) is 3. The molecular weight excluding hydrogens is 180 g/mol. The average molecular weight is 194 g/mol. The van der Waals surface area contributed by atoms with Crippen molar-refractivity contribution in [1.82, 2.24) is 4.98 Å². The quantitative estimate of drug-likeness (QED) is 0.785. The van der Waals surface area contributed by atoms with Crippen LogP contribution in [0.15, 0.2) is 12.3 Å². The maximum absolute atomic E-state index is 11.1. The number of ether oxygens (including phenoxy) is 1. The highest BCUT2D eigenvalue weighted by atomic mass is 16.5. The standard InChI is InChI=1S/C10H14N2O2/c1-4-14-10(13)12-9-8(3)5-7(2)6-11-9/h5-6H,4H2,1-3H3,(H,11,12,13). The second-order valence-corrected chi connectivity index (χ2v) is 3.02. The summed E-state index contributed by atoms with van der Waals surface area (Å²) in [6.07, 6.45) is 1.24. The molecular formula is C10H14N2O2. The van der Waals surface area contributed by atoms with E-state index in [2.05, 4.69) is 10.3 Å². The lowest BCUT2D eigenvalue weighted by atomic mass is 10.2. The summed E-state index contributed by atoms with van der Waals surface area (Å²) in [5.74, 6) is 0.550. The Morgan fingerprint density at radius 3 is 2.86 bits per heavy atom. The number of carbonyl (C=O) groups is 1. The molecule has 0 spiro atoms. The van der Waals surface area contributed by atoms with Gasteiger partial charge >= 0.3 is 6.09 Å². The molecule has 14 heavy (non-hydrogen) atoms. The summed E-state index contributed by atoms with van der Waals surface area (Å²) in [6.45, 7) is 5.96. The van der Waals surface area contributed by atoms with Crippen LogP contribution in [0.2, 0.25) is 0 Å². The molecule has 0 aliphatic carbocycles. The van der Waals surface area contributed by atoms with Crippen molar-refractivity contribution in [2.75, 3.05) is 11.9 Å². The van der Waals surface area contributed by atoms with Crippen molar-refractivity contribution >= 4 is 11.9 Å². The third-order valence-corrected chi connectivity index (χ3v) is 1.71. The molecule has 0 saturated heterocycles. The molecule has 0 aliphatic rings. The van der Waals surface area contributed by atoms with Gasteiger partial charge in [0.15, 0.2) is 0 Å². The smallest absolute Gasteiger partial charge is 0.412 e. The van der Waals surface area contributed by atoms with Crippen LogP contribution in [-0.2, 0) is 4.74 Å². The van der Waals surface area contributed by atoms with Crippen molar-refractivity contribution in [3.8, 4) is 0 Å². The molecule has 4 nitrogen and oxygen atoms in total. The Kier molecular flexibility index (Phi) is 3.45. The number of anilines is 1. The predicted octanol–water partition coefficient (Wildman–Crippen LogP) is 2.27. The van der Waals surface area contributed by atoms with Crippen LogP contribution in [0, 0.1) is 13.8 Å². The zero-order chi connectivity index (χ0) is 10.6. The fraction of sp³-hybridized carbons (Fsp3) is 0.400. The summed E-state index contributed by atoms with van der Waals surface area (Å²) in [6, 6.07) is 1.95. The van der Waals surface area contributed by atoms with E-state index in [4.69, 9.17) is 4.74 Å². The van der Waals surface area contributed by atoms with Crippen molar-refractivity contribution in [2.45, 2.75) is 20.8 Å². The molecule has 4 heteroatoms. The zero-order valence-corrected chi connectivity index (χ0v) is 8.63. The summed E-state index contributed by atoms with van der Waals surface area (Å²) in [7, 11) is 0. The van der Waals surface area contributed by atoms with E-state index in [1.165, 1.54) is 0 Å². The van der Waals surface area contributed by atoms with E-state index >= 15 is 0 Å². The van der Waals surface area contributed by atoms with Gasteiger partial charge in [0.25, 0.3) is 0 Å². The van der Waals surface area contributed by atoms with Gasteiger partial charge < -0.3 is 4.74 Å². The van der Waals surface area contributed by atoms with Crippen molar-refractivity contribution in [3.05, 3.63) is 23.4 Å². The van der Waals surface area contributed by atoms with Gasteiger partial charge in [0, 0.05) is 6.20 Å². The van der Waals surface area contributed by atoms with Crippen LogP contribution in [0.25, 0.3) is 0 Å². The fourth-order valence-electron chi connectivity index (χ4n) is 1.11. The molecule has 0 bridgehead atoms. The van der Waals surface area contributed by atoms with Crippen LogP contribution in [-0.4, -0.2) is 17.7 Å². The van der Waals surface area contributed by atoms with Gasteiger partial charge in [-0.3, -0.25) is 5.32 Å². The number of aryl methyl sites for hydroxylation is 2. The zero-order valence-electron chi connectivity index (χ0n) is 8.63. The maximum Gasteiger partial charge on any atom is 0.412 e. The molecule has 0 saturated carbocycles. The van der Waals surface area contributed by atoms with E-state index < -0.39 is 6.09 Å². The van der Waals surface area contributed by atoms with Crippen LogP contribution in [0.1, 0.15) is 18.1 Å². The number of amides is 1. The van der Waals surface area contributed by atoms with E-state index in [1.54, 1.807) is 13.1 Å². The lowest BCUT2D eigenvalue weighted by molar-refractivity contribution is 0.168. The lowest BCUT2D eigenvalue weighted by Gasteiger charge is -2.07. The number of nitrogens with zero attached hydrogens (tertiary/aromatic N) is 1. The minimum Gasteiger partial charge on any atom is -0.450 e. The Balaban J connectivity index is 2.72. The second-order valence-electron chi connectivity index (χ2n) is 3.02. The summed E-state index contributed by atoms with van der Waals surface area (Å²) in [5, 5.41) is 2.57. The summed E-state index contributed by atoms with van der Waals surface area (Å²) in [4.78, 5) is 15.2. The van der Waals surface area contributed by atoms with Crippen molar-refractivity contribution in [1.29, 1.82) is 0 Å². The highest BCUT2D eigenvalue weighted by molar-refractivity contribution is 5.84. The van der Waals surface area contributed by atoms with Gasteiger partial charge in [-0.15, -0.1) is 0 Å². The third kappa shape index (κ3) is 2.73. The van der Waals surface area contributed by atoms with Gasteiger partial charge in [0.05, 0.1) is 6.61 Å². The molecule has 1 aromatic heterocycles. The van der Waals surface area contributed by atoms with Crippen molar-refractivity contribution in [2.24, 2.45) is 0 Å². The second kappa shape index (κ2) is 4.60. The molecule has 0 aliphatic heterocycles.